The molecular weight excluding hydrogens is 344 g/mol. The van der Waals surface area contributed by atoms with E-state index in [1.165, 1.54) is 0 Å². The maximum atomic E-state index is 12.6. The Hall–Kier alpha value is -2.01. The fourth-order valence-electron chi connectivity index (χ4n) is 2.50. The summed E-state index contributed by atoms with van der Waals surface area (Å²) in [5.41, 5.74) is 2.66. The number of carbonyl (C=O) groups is 1. The zero-order valence-electron chi connectivity index (χ0n) is 12.5. The van der Waals surface area contributed by atoms with E-state index in [1.807, 2.05) is 56.3 Å². The second-order valence-corrected chi connectivity index (χ2v) is 6.37. The number of rotatable bonds is 1. The van der Waals surface area contributed by atoms with E-state index in [2.05, 4.69) is 21.2 Å². The monoisotopic (exact) mass is 360 g/mol. The lowest BCUT2D eigenvalue weighted by molar-refractivity contribution is 0.208. The van der Waals surface area contributed by atoms with E-state index in [1.54, 1.807) is 4.90 Å². The van der Waals surface area contributed by atoms with Crippen LogP contribution in [0.3, 0.4) is 0 Å². The first kappa shape index (κ1) is 14.9. The van der Waals surface area contributed by atoms with Crippen LogP contribution in [0.15, 0.2) is 46.9 Å². The zero-order valence-corrected chi connectivity index (χ0v) is 14.1. The van der Waals surface area contributed by atoms with Crippen molar-refractivity contribution in [1.82, 2.24) is 0 Å². The molecule has 114 valence electrons. The lowest BCUT2D eigenvalue weighted by Crippen LogP contribution is -2.44. The van der Waals surface area contributed by atoms with Crippen molar-refractivity contribution >= 4 is 33.3 Å². The number of amides is 2. The van der Waals surface area contributed by atoms with Crippen molar-refractivity contribution in [2.24, 2.45) is 0 Å². The highest BCUT2D eigenvalue weighted by molar-refractivity contribution is 9.10. The molecule has 22 heavy (non-hydrogen) atoms. The quantitative estimate of drug-likeness (QED) is 0.808. The average molecular weight is 361 g/mol. The molecule has 1 unspecified atom stereocenters. The molecule has 0 aromatic heterocycles. The molecule has 0 bridgehead atoms. The van der Waals surface area contributed by atoms with E-state index < -0.39 is 0 Å². The van der Waals surface area contributed by atoms with Gasteiger partial charge in [-0.2, -0.15) is 0 Å². The molecule has 3 rings (SSSR count). The number of ether oxygens (including phenoxy) is 1. The van der Waals surface area contributed by atoms with Gasteiger partial charge in [-0.05, 0) is 49.7 Å². The molecule has 0 radical (unpaired) electrons. The summed E-state index contributed by atoms with van der Waals surface area (Å²) >= 11 is 3.41. The highest BCUT2D eigenvalue weighted by Crippen LogP contribution is 2.34. The van der Waals surface area contributed by atoms with Crippen LogP contribution in [-0.2, 0) is 0 Å². The first-order valence-electron chi connectivity index (χ1n) is 7.14. The molecule has 0 spiro atoms. The minimum absolute atomic E-state index is 0.0385. The molecule has 0 saturated carbocycles. The van der Waals surface area contributed by atoms with Crippen LogP contribution in [0.5, 0.6) is 5.75 Å². The van der Waals surface area contributed by atoms with Crippen molar-refractivity contribution in [1.29, 1.82) is 0 Å². The predicted octanol–water partition coefficient (Wildman–Crippen LogP) is 4.58. The summed E-state index contributed by atoms with van der Waals surface area (Å²) in [6.07, 6.45) is -0.0385. The standard InChI is InChI=1S/C17H17BrN2O2/c1-11-6-7-16-15(8-11)20(10-12(2)22-16)17(21)19-14-5-3-4-13(18)9-14/h3-9,12H,10H2,1-2H3,(H,19,21). The third kappa shape index (κ3) is 3.09. The largest absolute Gasteiger partial charge is 0.487 e. The Morgan fingerprint density at radius 3 is 2.91 bits per heavy atom. The Bertz CT molecular complexity index is 718. The molecule has 4 nitrogen and oxygen atoms in total. The maximum absolute atomic E-state index is 12.6. The minimum Gasteiger partial charge on any atom is -0.487 e. The van der Waals surface area contributed by atoms with E-state index >= 15 is 0 Å². The molecule has 0 fully saturated rings. The van der Waals surface area contributed by atoms with Gasteiger partial charge in [0, 0.05) is 10.2 Å². The van der Waals surface area contributed by atoms with E-state index in [4.69, 9.17) is 4.74 Å². The number of halogens is 1. The van der Waals surface area contributed by atoms with Gasteiger partial charge in [0.2, 0.25) is 0 Å². The van der Waals surface area contributed by atoms with Gasteiger partial charge in [-0.15, -0.1) is 0 Å². The number of fused-ring (bicyclic) bond motifs is 1. The number of urea groups is 1. The molecule has 1 aliphatic heterocycles. The van der Waals surface area contributed by atoms with Crippen LogP contribution in [0.25, 0.3) is 0 Å². The fourth-order valence-corrected chi connectivity index (χ4v) is 2.90. The lowest BCUT2D eigenvalue weighted by Gasteiger charge is -2.33. The highest BCUT2D eigenvalue weighted by atomic mass is 79.9. The molecule has 1 N–H and O–H groups in total. The summed E-state index contributed by atoms with van der Waals surface area (Å²) in [5, 5.41) is 2.93. The smallest absolute Gasteiger partial charge is 0.326 e. The SMILES string of the molecule is Cc1ccc2c(c1)N(C(=O)Nc1cccc(Br)c1)CC(C)O2. The molecule has 0 saturated heterocycles. The number of hydrogen-bond donors (Lipinski definition) is 1. The maximum Gasteiger partial charge on any atom is 0.326 e. The first-order chi connectivity index (χ1) is 10.5. The van der Waals surface area contributed by atoms with Gasteiger partial charge < -0.3 is 10.1 Å². The topological polar surface area (TPSA) is 41.6 Å². The van der Waals surface area contributed by atoms with Crippen molar-refractivity contribution in [3.8, 4) is 5.75 Å². The van der Waals surface area contributed by atoms with E-state index in [-0.39, 0.29) is 12.1 Å². The zero-order chi connectivity index (χ0) is 15.7. The normalized spacial score (nSPS) is 16.7. The van der Waals surface area contributed by atoms with Crippen molar-refractivity contribution in [3.05, 3.63) is 52.5 Å². The number of nitrogens with one attached hydrogen (secondary N) is 1. The molecule has 2 aromatic rings. The van der Waals surface area contributed by atoms with Gasteiger partial charge in [-0.25, -0.2) is 4.79 Å². The number of carbonyl (C=O) groups excluding carboxylic acids is 1. The molecule has 2 aromatic carbocycles. The predicted molar refractivity (Wildman–Crippen MR) is 91.8 cm³/mol. The summed E-state index contributed by atoms with van der Waals surface area (Å²) in [6.45, 7) is 4.49. The van der Waals surface area contributed by atoms with Crippen molar-refractivity contribution in [3.63, 3.8) is 0 Å². The van der Waals surface area contributed by atoms with Crippen molar-refractivity contribution < 1.29 is 9.53 Å². The second kappa shape index (κ2) is 6.01. The van der Waals surface area contributed by atoms with E-state index in [0.29, 0.717) is 6.54 Å². The molecule has 5 heteroatoms. The summed E-state index contributed by atoms with van der Waals surface area (Å²) in [7, 11) is 0. The van der Waals surface area contributed by atoms with Gasteiger partial charge in [-0.1, -0.05) is 28.1 Å². The molecular formula is C17H17BrN2O2. The Kier molecular flexibility index (Phi) is 4.07. The summed E-state index contributed by atoms with van der Waals surface area (Å²) in [4.78, 5) is 14.4. The van der Waals surface area contributed by atoms with Crippen LogP contribution in [-0.4, -0.2) is 18.7 Å². The Morgan fingerprint density at radius 1 is 1.32 bits per heavy atom. The lowest BCUT2D eigenvalue weighted by atomic mass is 10.1. The van der Waals surface area contributed by atoms with Gasteiger partial charge >= 0.3 is 6.03 Å². The van der Waals surface area contributed by atoms with Crippen molar-refractivity contribution in [2.45, 2.75) is 20.0 Å². The summed E-state index contributed by atoms with van der Waals surface area (Å²) in [6, 6.07) is 13.3. The second-order valence-electron chi connectivity index (χ2n) is 5.45. The number of benzene rings is 2. The highest BCUT2D eigenvalue weighted by Gasteiger charge is 2.27. The van der Waals surface area contributed by atoms with Crippen LogP contribution in [0.1, 0.15) is 12.5 Å². The minimum atomic E-state index is -0.153. The first-order valence-corrected chi connectivity index (χ1v) is 7.93. The van der Waals surface area contributed by atoms with Crippen molar-refractivity contribution in [2.75, 3.05) is 16.8 Å². The molecule has 1 heterocycles. The van der Waals surface area contributed by atoms with Gasteiger partial charge in [-0.3, -0.25) is 4.90 Å². The third-order valence-corrected chi connectivity index (χ3v) is 3.99. The number of hydrogen-bond acceptors (Lipinski definition) is 2. The number of anilines is 2. The van der Waals surface area contributed by atoms with Gasteiger partial charge in [0.1, 0.15) is 11.9 Å². The Morgan fingerprint density at radius 2 is 2.14 bits per heavy atom. The van der Waals surface area contributed by atoms with Crippen LogP contribution in [0.2, 0.25) is 0 Å². The van der Waals surface area contributed by atoms with Gasteiger partial charge in [0.25, 0.3) is 0 Å². The molecule has 1 atom stereocenters. The number of nitrogens with zero attached hydrogens (tertiary/aromatic N) is 1. The van der Waals surface area contributed by atoms with Crippen LogP contribution in [0, 0.1) is 6.92 Å². The Labute approximate surface area is 138 Å². The van der Waals surface area contributed by atoms with Gasteiger partial charge in [0.05, 0.1) is 12.2 Å². The fraction of sp³-hybridized carbons (Fsp3) is 0.235. The molecule has 0 aliphatic carbocycles. The summed E-state index contributed by atoms with van der Waals surface area (Å²) in [5.74, 6) is 0.744. The van der Waals surface area contributed by atoms with Crippen LogP contribution in [0.4, 0.5) is 16.2 Å². The third-order valence-electron chi connectivity index (χ3n) is 3.49. The molecule has 2 amide bonds. The van der Waals surface area contributed by atoms with Crippen LogP contribution >= 0.6 is 15.9 Å². The van der Waals surface area contributed by atoms with E-state index in [0.717, 1.165) is 27.2 Å². The average Bonchev–Trinajstić information content (AvgIpc) is 2.47. The van der Waals surface area contributed by atoms with E-state index in [9.17, 15) is 4.79 Å². The summed E-state index contributed by atoms with van der Waals surface area (Å²) < 4.78 is 6.74. The molecule has 1 aliphatic rings. The number of aryl methyl sites for hydroxylation is 1. The van der Waals surface area contributed by atoms with Crippen LogP contribution < -0.4 is 15.0 Å². The van der Waals surface area contributed by atoms with Gasteiger partial charge in [0.15, 0.2) is 0 Å². The Balaban J connectivity index is 1.88.